The highest BCUT2D eigenvalue weighted by Crippen LogP contribution is 2.23. The van der Waals surface area contributed by atoms with Gasteiger partial charge in [-0.1, -0.05) is 12.1 Å². The fraction of sp³-hybridized carbons (Fsp3) is 0.267. The van der Waals surface area contributed by atoms with E-state index in [2.05, 4.69) is 0 Å². The fourth-order valence-electron chi connectivity index (χ4n) is 1.73. The molecule has 5 nitrogen and oxygen atoms in total. The molecule has 0 aromatic heterocycles. The molecule has 0 spiro atoms. The largest absolute Gasteiger partial charge is 0.396 e. The molecule has 0 saturated heterocycles. The van der Waals surface area contributed by atoms with E-state index >= 15 is 0 Å². The van der Waals surface area contributed by atoms with E-state index in [4.69, 9.17) is 15.6 Å². The molecule has 0 unspecified atom stereocenters. The van der Waals surface area contributed by atoms with Crippen LogP contribution in [0.25, 0.3) is 5.57 Å². The van der Waals surface area contributed by atoms with Crippen molar-refractivity contribution in [3.05, 3.63) is 35.4 Å². The van der Waals surface area contributed by atoms with Crippen molar-refractivity contribution in [2.45, 2.75) is 6.42 Å². The topological polar surface area (TPSA) is 88.1 Å². The van der Waals surface area contributed by atoms with Crippen LogP contribution in [0, 0.1) is 22.7 Å². The average Bonchev–Trinajstić information content (AvgIpc) is 2.44. The molecule has 1 aromatic carbocycles. The number of ketones is 1. The van der Waals surface area contributed by atoms with Gasteiger partial charge in [0, 0.05) is 26.2 Å². The van der Waals surface area contributed by atoms with Gasteiger partial charge in [-0.25, -0.2) is 0 Å². The number of anilines is 1. The Morgan fingerprint density at radius 2 is 1.75 bits per heavy atom. The van der Waals surface area contributed by atoms with Crippen molar-refractivity contribution in [3.8, 4) is 12.1 Å². The summed E-state index contributed by atoms with van der Waals surface area (Å²) in [6.07, 6.45) is -0.113. The van der Waals surface area contributed by atoms with E-state index in [-0.39, 0.29) is 24.2 Å². The van der Waals surface area contributed by atoms with Gasteiger partial charge in [0.25, 0.3) is 0 Å². The van der Waals surface area contributed by atoms with Gasteiger partial charge in [0.15, 0.2) is 5.78 Å². The van der Waals surface area contributed by atoms with Crippen molar-refractivity contribution in [2.24, 2.45) is 0 Å². The number of carbonyl (C=O) groups excluding carboxylic acids is 1. The van der Waals surface area contributed by atoms with Crippen molar-refractivity contribution in [1.29, 1.82) is 10.5 Å². The van der Waals surface area contributed by atoms with Gasteiger partial charge in [-0.15, -0.1) is 0 Å². The third-order valence-electron chi connectivity index (χ3n) is 2.76. The van der Waals surface area contributed by atoms with E-state index in [1.807, 2.05) is 19.0 Å². The van der Waals surface area contributed by atoms with E-state index in [0.717, 1.165) is 5.69 Å². The molecule has 102 valence electrons. The summed E-state index contributed by atoms with van der Waals surface area (Å²) >= 11 is 0. The number of hydrogen-bond acceptors (Lipinski definition) is 5. The molecule has 0 radical (unpaired) electrons. The highest BCUT2D eigenvalue weighted by Gasteiger charge is 2.17. The number of aliphatic hydroxyl groups excluding tert-OH is 1. The average molecular weight is 269 g/mol. The standard InChI is InChI=1S/C15H15N3O2/c1-18(2)13-5-3-11(4-6-13)15(12(9-16)10-17)14(20)7-8-19/h3-6,19H,7-8H2,1-2H3. The zero-order valence-corrected chi connectivity index (χ0v) is 11.4. The molecule has 20 heavy (non-hydrogen) atoms. The smallest absolute Gasteiger partial charge is 0.167 e. The van der Waals surface area contributed by atoms with E-state index < -0.39 is 5.78 Å². The maximum atomic E-state index is 12.0. The van der Waals surface area contributed by atoms with Gasteiger partial charge >= 0.3 is 0 Å². The first-order chi connectivity index (χ1) is 9.54. The predicted octanol–water partition coefficient (Wildman–Crippen LogP) is 1.50. The maximum absolute atomic E-state index is 12.0. The van der Waals surface area contributed by atoms with Crippen LogP contribution in [0.4, 0.5) is 5.69 Å². The van der Waals surface area contributed by atoms with Crippen LogP contribution in [0.1, 0.15) is 12.0 Å². The van der Waals surface area contributed by atoms with Crippen LogP contribution in [0.15, 0.2) is 29.8 Å². The number of rotatable bonds is 5. The van der Waals surface area contributed by atoms with Gasteiger partial charge in [0.1, 0.15) is 17.7 Å². The normalized spacial score (nSPS) is 9.25. The van der Waals surface area contributed by atoms with E-state index in [0.29, 0.717) is 5.56 Å². The zero-order valence-electron chi connectivity index (χ0n) is 11.4. The molecule has 0 fully saturated rings. The minimum absolute atomic E-state index is 0.0642. The quantitative estimate of drug-likeness (QED) is 0.646. The Hall–Kier alpha value is -2.63. The summed E-state index contributed by atoms with van der Waals surface area (Å²) in [5.41, 5.74) is 1.28. The molecule has 5 heteroatoms. The molecule has 1 rings (SSSR count). The monoisotopic (exact) mass is 269 g/mol. The molecule has 0 aliphatic heterocycles. The summed E-state index contributed by atoms with van der Waals surface area (Å²) in [5.74, 6) is -0.414. The lowest BCUT2D eigenvalue weighted by atomic mass is 9.95. The Balaban J connectivity index is 3.33. The van der Waals surface area contributed by atoms with Gasteiger partial charge in [0.05, 0.1) is 12.2 Å². The first kappa shape index (κ1) is 15.4. The number of allylic oxidation sites excluding steroid dienone is 2. The SMILES string of the molecule is CN(C)c1ccc(C(C(=O)CCO)=C(C#N)C#N)cc1. The van der Waals surface area contributed by atoms with E-state index in [9.17, 15) is 4.79 Å². The van der Waals surface area contributed by atoms with Gasteiger partial charge in [0.2, 0.25) is 0 Å². The van der Waals surface area contributed by atoms with Crippen LogP contribution in [0.5, 0.6) is 0 Å². The Morgan fingerprint density at radius 1 is 1.20 bits per heavy atom. The van der Waals surface area contributed by atoms with Crippen LogP contribution in [0.3, 0.4) is 0 Å². The van der Waals surface area contributed by atoms with E-state index in [1.165, 1.54) is 0 Å². The van der Waals surface area contributed by atoms with Crippen LogP contribution in [-0.2, 0) is 4.79 Å². The third-order valence-corrected chi connectivity index (χ3v) is 2.76. The van der Waals surface area contributed by atoms with Crippen LogP contribution in [-0.4, -0.2) is 31.6 Å². The van der Waals surface area contributed by atoms with Gasteiger partial charge in [-0.3, -0.25) is 4.79 Å². The molecule has 0 aliphatic carbocycles. The first-order valence-corrected chi connectivity index (χ1v) is 6.01. The Morgan fingerprint density at radius 3 is 2.15 bits per heavy atom. The van der Waals surface area contributed by atoms with Crippen molar-refractivity contribution in [1.82, 2.24) is 0 Å². The molecule has 0 amide bonds. The minimum atomic E-state index is -0.414. The molecular weight excluding hydrogens is 254 g/mol. The molecule has 0 atom stereocenters. The van der Waals surface area contributed by atoms with Crippen molar-refractivity contribution in [3.63, 3.8) is 0 Å². The highest BCUT2D eigenvalue weighted by molar-refractivity contribution is 6.23. The molecule has 1 aromatic rings. The third kappa shape index (κ3) is 3.44. The number of aliphatic hydroxyl groups is 1. The Kier molecular flexibility index (Phi) is 5.46. The predicted molar refractivity (Wildman–Crippen MR) is 75.6 cm³/mol. The fourth-order valence-corrected chi connectivity index (χ4v) is 1.73. The number of Topliss-reactive ketones (excluding diaryl/α,β-unsaturated/α-hetero) is 1. The minimum Gasteiger partial charge on any atom is -0.396 e. The Labute approximate surface area is 118 Å². The molecule has 0 bridgehead atoms. The van der Waals surface area contributed by atoms with Crippen molar-refractivity contribution >= 4 is 17.0 Å². The number of benzene rings is 1. The number of carbonyl (C=O) groups is 1. The first-order valence-electron chi connectivity index (χ1n) is 6.01. The van der Waals surface area contributed by atoms with Gasteiger partial charge in [-0.05, 0) is 17.7 Å². The van der Waals surface area contributed by atoms with Crippen LogP contribution in [0.2, 0.25) is 0 Å². The molecule has 0 heterocycles. The van der Waals surface area contributed by atoms with Crippen molar-refractivity contribution < 1.29 is 9.90 Å². The van der Waals surface area contributed by atoms with Crippen LogP contribution < -0.4 is 4.90 Å². The summed E-state index contributed by atoms with van der Waals surface area (Å²) in [6.45, 7) is -0.317. The van der Waals surface area contributed by atoms with E-state index in [1.54, 1.807) is 36.4 Å². The summed E-state index contributed by atoms with van der Waals surface area (Å²) < 4.78 is 0. The highest BCUT2D eigenvalue weighted by atomic mass is 16.3. The summed E-state index contributed by atoms with van der Waals surface area (Å²) in [4.78, 5) is 13.9. The lowest BCUT2D eigenvalue weighted by molar-refractivity contribution is -0.114. The second-order valence-electron chi connectivity index (χ2n) is 4.31. The lowest BCUT2D eigenvalue weighted by Gasteiger charge is -2.13. The zero-order chi connectivity index (χ0) is 15.1. The van der Waals surface area contributed by atoms with Crippen molar-refractivity contribution in [2.75, 3.05) is 25.6 Å². The van der Waals surface area contributed by atoms with Gasteiger partial charge < -0.3 is 10.0 Å². The lowest BCUT2D eigenvalue weighted by Crippen LogP contribution is -2.09. The summed E-state index contributed by atoms with van der Waals surface area (Å²) in [7, 11) is 3.78. The number of hydrogen-bond donors (Lipinski definition) is 1. The summed E-state index contributed by atoms with van der Waals surface area (Å²) in [5, 5.41) is 26.8. The maximum Gasteiger partial charge on any atom is 0.167 e. The number of nitrogens with zero attached hydrogens (tertiary/aromatic N) is 3. The second kappa shape index (κ2) is 7.08. The molecular formula is C15H15N3O2. The molecule has 0 saturated carbocycles. The second-order valence-corrected chi connectivity index (χ2v) is 4.31. The van der Waals surface area contributed by atoms with Crippen LogP contribution >= 0.6 is 0 Å². The Bertz CT molecular complexity index is 585. The number of nitriles is 2. The molecule has 1 N–H and O–H groups in total. The molecule has 0 aliphatic rings. The van der Waals surface area contributed by atoms with Gasteiger partial charge in [-0.2, -0.15) is 10.5 Å². The summed E-state index contributed by atoms with van der Waals surface area (Å²) in [6, 6.07) is 10.4.